The molecule has 100 valence electrons. The van der Waals surface area contributed by atoms with Gasteiger partial charge >= 0.3 is 0 Å². The number of rotatable bonds is 3. The molecular formula is C15H12ClN3O. The minimum atomic E-state index is 0.0280. The van der Waals surface area contributed by atoms with Crippen molar-refractivity contribution in [1.82, 2.24) is 15.4 Å². The van der Waals surface area contributed by atoms with Crippen molar-refractivity contribution in [3.63, 3.8) is 0 Å². The lowest BCUT2D eigenvalue weighted by Gasteiger charge is -2.03. The van der Waals surface area contributed by atoms with E-state index in [4.69, 9.17) is 16.7 Å². The van der Waals surface area contributed by atoms with Crippen LogP contribution in [0.15, 0.2) is 48.5 Å². The minimum absolute atomic E-state index is 0.0280. The van der Waals surface area contributed by atoms with Gasteiger partial charge in [-0.05, 0) is 17.7 Å². The van der Waals surface area contributed by atoms with Crippen molar-refractivity contribution in [3.8, 4) is 22.5 Å². The monoisotopic (exact) mass is 285 g/mol. The van der Waals surface area contributed by atoms with E-state index >= 15 is 0 Å². The molecule has 20 heavy (non-hydrogen) atoms. The SMILES string of the molecule is OCc1ccc(-c2n[nH]nc2-c2cccc(Cl)c2)cc1. The zero-order chi connectivity index (χ0) is 13.9. The van der Waals surface area contributed by atoms with Gasteiger partial charge in [0.15, 0.2) is 0 Å². The zero-order valence-electron chi connectivity index (χ0n) is 10.5. The Morgan fingerprint density at radius 1 is 0.950 bits per heavy atom. The van der Waals surface area contributed by atoms with Crippen LogP contribution >= 0.6 is 11.6 Å². The first-order valence-electron chi connectivity index (χ1n) is 6.15. The van der Waals surface area contributed by atoms with Crippen molar-refractivity contribution in [2.75, 3.05) is 0 Å². The predicted molar refractivity (Wildman–Crippen MR) is 78.2 cm³/mol. The maximum atomic E-state index is 9.07. The molecule has 0 radical (unpaired) electrons. The number of benzene rings is 2. The molecule has 2 aromatic carbocycles. The van der Waals surface area contributed by atoms with Gasteiger partial charge in [-0.15, -0.1) is 0 Å². The summed E-state index contributed by atoms with van der Waals surface area (Å²) in [5.41, 5.74) is 4.22. The van der Waals surface area contributed by atoms with Crippen molar-refractivity contribution in [3.05, 3.63) is 59.1 Å². The summed E-state index contributed by atoms with van der Waals surface area (Å²) in [6, 6.07) is 15.1. The number of nitrogens with zero attached hydrogens (tertiary/aromatic N) is 2. The number of aliphatic hydroxyl groups excluding tert-OH is 1. The molecule has 0 aliphatic rings. The van der Waals surface area contributed by atoms with Gasteiger partial charge in [-0.25, -0.2) is 0 Å². The highest BCUT2D eigenvalue weighted by molar-refractivity contribution is 6.30. The topological polar surface area (TPSA) is 61.8 Å². The summed E-state index contributed by atoms with van der Waals surface area (Å²) in [4.78, 5) is 0. The highest BCUT2D eigenvalue weighted by atomic mass is 35.5. The molecule has 0 aliphatic heterocycles. The number of aromatic nitrogens is 3. The molecule has 0 fully saturated rings. The second kappa shape index (κ2) is 5.45. The quantitative estimate of drug-likeness (QED) is 0.776. The van der Waals surface area contributed by atoms with E-state index < -0.39 is 0 Å². The lowest BCUT2D eigenvalue weighted by atomic mass is 10.0. The summed E-state index contributed by atoms with van der Waals surface area (Å²) in [5, 5.41) is 20.8. The Bertz CT molecular complexity index is 722. The summed E-state index contributed by atoms with van der Waals surface area (Å²) in [5.74, 6) is 0. The third-order valence-electron chi connectivity index (χ3n) is 3.06. The highest BCUT2D eigenvalue weighted by Gasteiger charge is 2.12. The van der Waals surface area contributed by atoms with Gasteiger partial charge in [0.2, 0.25) is 0 Å². The molecule has 0 bridgehead atoms. The van der Waals surface area contributed by atoms with Crippen LogP contribution in [-0.2, 0) is 6.61 Å². The Kier molecular flexibility index (Phi) is 3.50. The van der Waals surface area contributed by atoms with Gasteiger partial charge in [0.05, 0.1) is 6.61 Å². The summed E-state index contributed by atoms with van der Waals surface area (Å²) in [7, 11) is 0. The van der Waals surface area contributed by atoms with Gasteiger partial charge in [-0.1, -0.05) is 48.0 Å². The lowest BCUT2D eigenvalue weighted by Crippen LogP contribution is -1.86. The molecule has 0 aliphatic carbocycles. The van der Waals surface area contributed by atoms with Crippen LogP contribution in [0.5, 0.6) is 0 Å². The molecule has 1 aromatic heterocycles. The van der Waals surface area contributed by atoms with E-state index in [2.05, 4.69) is 15.4 Å². The Hall–Kier alpha value is -2.17. The Labute approximate surface area is 121 Å². The van der Waals surface area contributed by atoms with Gasteiger partial charge in [-0.2, -0.15) is 15.4 Å². The molecule has 3 aromatic rings. The van der Waals surface area contributed by atoms with Crippen LogP contribution in [-0.4, -0.2) is 20.5 Å². The fraction of sp³-hybridized carbons (Fsp3) is 0.0667. The Balaban J connectivity index is 2.05. The average Bonchev–Trinajstić information content (AvgIpc) is 2.97. The largest absolute Gasteiger partial charge is 0.392 e. The first-order chi connectivity index (χ1) is 9.78. The van der Waals surface area contributed by atoms with E-state index in [0.29, 0.717) is 5.02 Å². The maximum absolute atomic E-state index is 9.07. The van der Waals surface area contributed by atoms with Crippen molar-refractivity contribution >= 4 is 11.6 Å². The lowest BCUT2D eigenvalue weighted by molar-refractivity contribution is 0.282. The molecule has 0 unspecified atom stereocenters. The standard InChI is InChI=1S/C15H12ClN3O/c16-13-3-1-2-12(8-13)15-14(17-19-18-15)11-6-4-10(9-20)5-7-11/h1-8,20H,9H2,(H,17,18,19). The third-order valence-corrected chi connectivity index (χ3v) is 3.29. The third kappa shape index (κ3) is 2.43. The number of hydrogen-bond donors (Lipinski definition) is 2. The molecule has 0 amide bonds. The number of aromatic amines is 1. The number of hydrogen-bond acceptors (Lipinski definition) is 3. The van der Waals surface area contributed by atoms with E-state index in [1.165, 1.54) is 0 Å². The van der Waals surface area contributed by atoms with Crippen molar-refractivity contribution in [2.45, 2.75) is 6.61 Å². The van der Waals surface area contributed by atoms with Crippen LogP contribution in [0.2, 0.25) is 5.02 Å². The summed E-state index contributed by atoms with van der Waals surface area (Å²) >= 11 is 6.01. The first kappa shape index (κ1) is 12.8. The normalized spacial score (nSPS) is 10.7. The number of halogens is 1. The Morgan fingerprint density at radius 3 is 2.30 bits per heavy atom. The zero-order valence-corrected chi connectivity index (χ0v) is 11.3. The molecule has 0 saturated carbocycles. The van der Waals surface area contributed by atoms with Crippen LogP contribution in [0, 0.1) is 0 Å². The molecule has 0 spiro atoms. The number of H-pyrrole nitrogens is 1. The van der Waals surface area contributed by atoms with E-state index in [1.54, 1.807) is 0 Å². The molecule has 0 atom stereocenters. The maximum Gasteiger partial charge on any atom is 0.120 e. The Morgan fingerprint density at radius 2 is 1.65 bits per heavy atom. The number of nitrogens with one attached hydrogen (secondary N) is 1. The van der Waals surface area contributed by atoms with Gasteiger partial charge in [0, 0.05) is 16.1 Å². The molecule has 3 rings (SSSR count). The van der Waals surface area contributed by atoms with Crippen molar-refractivity contribution < 1.29 is 5.11 Å². The minimum Gasteiger partial charge on any atom is -0.392 e. The average molecular weight is 286 g/mol. The molecule has 0 saturated heterocycles. The van der Waals surface area contributed by atoms with Crippen LogP contribution in [0.4, 0.5) is 0 Å². The fourth-order valence-electron chi connectivity index (χ4n) is 2.04. The second-order valence-electron chi connectivity index (χ2n) is 4.39. The number of aliphatic hydroxyl groups is 1. The molecular weight excluding hydrogens is 274 g/mol. The summed E-state index contributed by atoms with van der Waals surface area (Å²) in [6.45, 7) is 0.0280. The highest BCUT2D eigenvalue weighted by Crippen LogP contribution is 2.29. The van der Waals surface area contributed by atoms with Crippen LogP contribution in [0.3, 0.4) is 0 Å². The summed E-state index contributed by atoms with van der Waals surface area (Å²) < 4.78 is 0. The van der Waals surface area contributed by atoms with E-state index in [0.717, 1.165) is 28.1 Å². The van der Waals surface area contributed by atoms with Gasteiger partial charge in [-0.3, -0.25) is 0 Å². The van der Waals surface area contributed by atoms with E-state index in [1.807, 2.05) is 48.5 Å². The first-order valence-corrected chi connectivity index (χ1v) is 6.52. The molecule has 1 heterocycles. The van der Waals surface area contributed by atoms with Crippen LogP contribution in [0.1, 0.15) is 5.56 Å². The van der Waals surface area contributed by atoms with Gasteiger partial charge in [0.1, 0.15) is 11.4 Å². The molecule has 5 heteroatoms. The second-order valence-corrected chi connectivity index (χ2v) is 4.82. The van der Waals surface area contributed by atoms with Crippen LogP contribution in [0.25, 0.3) is 22.5 Å². The smallest absolute Gasteiger partial charge is 0.120 e. The van der Waals surface area contributed by atoms with Crippen molar-refractivity contribution in [1.29, 1.82) is 0 Å². The van der Waals surface area contributed by atoms with Crippen molar-refractivity contribution in [2.24, 2.45) is 0 Å². The van der Waals surface area contributed by atoms with E-state index in [-0.39, 0.29) is 6.61 Å². The van der Waals surface area contributed by atoms with Gasteiger partial charge < -0.3 is 5.11 Å². The fourth-order valence-corrected chi connectivity index (χ4v) is 2.23. The van der Waals surface area contributed by atoms with Crippen LogP contribution < -0.4 is 0 Å². The predicted octanol–water partition coefficient (Wildman–Crippen LogP) is 3.28. The summed E-state index contributed by atoms with van der Waals surface area (Å²) in [6.07, 6.45) is 0. The molecule has 4 nitrogen and oxygen atoms in total. The van der Waals surface area contributed by atoms with E-state index in [9.17, 15) is 0 Å². The molecule has 2 N–H and O–H groups in total. The van der Waals surface area contributed by atoms with Gasteiger partial charge in [0.25, 0.3) is 0 Å².